The molecule has 0 spiro atoms. The summed E-state index contributed by atoms with van der Waals surface area (Å²) in [5, 5.41) is 19.1. The van der Waals surface area contributed by atoms with Crippen LogP contribution in [0, 0.1) is 0 Å². The molecular formula is C15H18O6. The average Bonchev–Trinajstić information content (AvgIpc) is 2.92. The highest BCUT2D eigenvalue weighted by atomic mass is 16.8. The molecule has 6 heteroatoms. The van der Waals surface area contributed by atoms with Gasteiger partial charge >= 0.3 is 5.97 Å². The summed E-state index contributed by atoms with van der Waals surface area (Å²) in [6, 6.07) is 2.92. The highest BCUT2D eigenvalue weighted by molar-refractivity contribution is 5.91. The zero-order valence-electron chi connectivity index (χ0n) is 12.2. The Bertz CT molecular complexity index is 608. The lowest BCUT2D eigenvalue weighted by Gasteiger charge is -2.30. The Hall–Kier alpha value is -1.79. The molecule has 0 unspecified atom stereocenters. The number of aromatic carboxylic acids is 1. The van der Waals surface area contributed by atoms with E-state index in [2.05, 4.69) is 0 Å². The highest BCUT2D eigenvalue weighted by Gasteiger charge is 2.50. The number of carboxylic acid groups (broad SMARTS) is 1. The van der Waals surface area contributed by atoms with Gasteiger partial charge in [0.25, 0.3) is 0 Å². The monoisotopic (exact) mass is 294 g/mol. The van der Waals surface area contributed by atoms with Gasteiger partial charge in [-0.2, -0.15) is 0 Å². The molecule has 1 aromatic rings. The number of phenols is 1. The van der Waals surface area contributed by atoms with Crippen molar-refractivity contribution >= 4 is 5.97 Å². The summed E-state index contributed by atoms with van der Waals surface area (Å²) in [5.41, 5.74) is -0.250. The van der Waals surface area contributed by atoms with Crippen LogP contribution >= 0.6 is 0 Å². The number of carboxylic acids is 1. The minimum atomic E-state index is -1.16. The molecule has 21 heavy (non-hydrogen) atoms. The summed E-state index contributed by atoms with van der Waals surface area (Å²) >= 11 is 0. The van der Waals surface area contributed by atoms with Crippen molar-refractivity contribution in [2.75, 3.05) is 6.61 Å². The third-order valence-electron chi connectivity index (χ3n) is 4.00. The highest BCUT2D eigenvalue weighted by Crippen LogP contribution is 2.44. The molecule has 1 fully saturated rings. The Morgan fingerprint density at radius 1 is 1.33 bits per heavy atom. The molecule has 0 aromatic heterocycles. The number of carbonyl (C=O) groups is 1. The Morgan fingerprint density at radius 2 is 2.05 bits per heavy atom. The van der Waals surface area contributed by atoms with E-state index in [0.29, 0.717) is 24.3 Å². The number of hydrogen-bond donors (Lipinski definition) is 2. The Balaban J connectivity index is 1.89. The van der Waals surface area contributed by atoms with Crippen LogP contribution in [0.4, 0.5) is 0 Å². The van der Waals surface area contributed by atoms with Gasteiger partial charge in [0.05, 0.1) is 6.61 Å². The quantitative estimate of drug-likeness (QED) is 0.867. The van der Waals surface area contributed by atoms with Gasteiger partial charge in [-0.1, -0.05) is 0 Å². The first kappa shape index (κ1) is 14.2. The number of fused-ring (bicyclic) bond motifs is 1. The van der Waals surface area contributed by atoms with Crippen LogP contribution in [0.25, 0.3) is 0 Å². The maximum atomic E-state index is 11.1. The molecule has 2 N–H and O–H groups in total. The van der Waals surface area contributed by atoms with Crippen molar-refractivity contribution in [2.24, 2.45) is 0 Å². The second-order valence-electron chi connectivity index (χ2n) is 6.16. The number of rotatable bonds is 2. The fraction of sp³-hybridized carbons (Fsp3) is 0.533. The number of ether oxygens (including phenoxy) is 3. The molecule has 0 radical (unpaired) electrons. The Labute approximate surface area is 122 Å². The van der Waals surface area contributed by atoms with Crippen LogP contribution in [0.1, 0.15) is 36.7 Å². The average molecular weight is 294 g/mol. The molecular weight excluding hydrogens is 276 g/mol. The zero-order chi connectivity index (χ0) is 15.4. The lowest BCUT2D eigenvalue weighted by atomic mass is 9.95. The Kier molecular flexibility index (Phi) is 2.93. The van der Waals surface area contributed by atoms with Crippen molar-refractivity contribution in [2.45, 2.75) is 44.7 Å². The SMILES string of the molecule is CC1(C)OC[C@@](C)([C@H]2Cc3c(ccc(C(=O)O)c3O)O2)O1. The Morgan fingerprint density at radius 3 is 2.62 bits per heavy atom. The van der Waals surface area contributed by atoms with Crippen molar-refractivity contribution < 1.29 is 29.2 Å². The molecule has 0 amide bonds. The molecule has 6 nitrogen and oxygen atoms in total. The lowest BCUT2D eigenvalue weighted by molar-refractivity contribution is -0.173. The summed E-state index contributed by atoms with van der Waals surface area (Å²) in [6.45, 7) is 5.94. The summed E-state index contributed by atoms with van der Waals surface area (Å²) in [6.07, 6.45) is 0.0577. The second-order valence-corrected chi connectivity index (χ2v) is 6.16. The molecule has 2 aliphatic heterocycles. The molecule has 2 atom stereocenters. The van der Waals surface area contributed by atoms with Crippen LogP contribution in [0.5, 0.6) is 11.5 Å². The van der Waals surface area contributed by atoms with Gasteiger partial charge in [-0.05, 0) is 32.9 Å². The smallest absolute Gasteiger partial charge is 0.339 e. The summed E-state index contributed by atoms with van der Waals surface area (Å²) < 4.78 is 17.4. The summed E-state index contributed by atoms with van der Waals surface area (Å²) in [4.78, 5) is 11.1. The van der Waals surface area contributed by atoms with Gasteiger partial charge in [0, 0.05) is 12.0 Å². The van der Waals surface area contributed by atoms with Crippen molar-refractivity contribution in [3.63, 3.8) is 0 Å². The van der Waals surface area contributed by atoms with E-state index < -0.39 is 17.4 Å². The molecule has 3 rings (SSSR count). The normalized spacial score (nSPS) is 30.0. The van der Waals surface area contributed by atoms with E-state index in [9.17, 15) is 9.90 Å². The van der Waals surface area contributed by atoms with Crippen LogP contribution in [0.3, 0.4) is 0 Å². The van der Waals surface area contributed by atoms with E-state index >= 15 is 0 Å². The van der Waals surface area contributed by atoms with Crippen LogP contribution in [-0.4, -0.2) is 40.3 Å². The number of benzene rings is 1. The van der Waals surface area contributed by atoms with Crippen LogP contribution in [0.2, 0.25) is 0 Å². The van der Waals surface area contributed by atoms with Gasteiger partial charge in [0.15, 0.2) is 5.79 Å². The van der Waals surface area contributed by atoms with Crippen LogP contribution in [0.15, 0.2) is 12.1 Å². The van der Waals surface area contributed by atoms with Gasteiger partial charge in [-0.3, -0.25) is 0 Å². The van der Waals surface area contributed by atoms with E-state index in [1.54, 1.807) is 6.07 Å². The van der Waals surface area contributed by atoms with Crippen molar-refractivity contribution in [3.8, 4) is 11.5 Å². The number of hydrogen-bond acceptors (Lipinski definition) is 5. The molecule has 114 valence electrons. The maximum Gasteiger partial charge on any atom is 0.339 e. The molecule has 0 aliphatic carbocycles. The summed E-state index contributed by atoms with van der Waals surface area (Å²) in [5.74, 6) is -1.57. The van der Waals surface area contributed by atoms with E-state index in [-0.39, 0.29) is 17.4 Å². The maximum absolute atomic E-state index is 11.1. The first-order valence-corrected chi connectivity index (χ1v) is 6.81. The second kappa shape index (κ2) is 4.35. The fourth-order valence-corrected chi connectivity index (χ4v) is 2.92. The number of aromatic hydroxyl groups is 1. The van der Waals surface area contributed by atoms with Gasteiger partial charge in [0.2, 0.25) is 0 Å². The zero-order valence-corrected chi connectivity index (χ0v) is 12.2. The van der Waals surface area contributed by atoms with E-state index in [0.717, 1.165) is 0 Å². The first-order chi connectivity index (χ1) is 9.72. The minimum absolute atomic E-state index is 0.118. The van der Waals surface area contributed by atoms with Crippen molar-refractivity contribution in [3.05, 3.63) is 23.3 Å². The first-order valence-electron chi connectivity index (χ1n) is 6.81. The van der Waals surface area contributed by atoms with Crippen molar-refractivity contribution in [1.82, 2.24) is 0 Å². The molecule has 1 saturated heterocycles. The van der Waals surface area contributed by atoms with E-state index in [1.807, 2.05) is 20.8 Å². The van der Waals surface area contributed by atoms with E-state index in [4.69, 9.17) is 19.3 Å². The predicted octanol–water partition coefficient (Wildman–Crippen LogP) is 1.94. The van der Waals surface area contributed by atoms with Crippen LogP contribution < -0.4 is 4.74 Å². The van der Waals surface area contributed by atoms with Crippen LogP contribution in [-0.2, 0) is 15.9 Å². The predicted molar refractivity (Wildman–Crippen MR) is 72.7 cm³/mol. The third-order valence-corrected chi connectivity index (χ3v) is 4.00. The van der Waals surface area contributed by atoms with Gasteiger partial charge in [-0.15, -0.1) is 0 Å². The molecule has 2 heterocycles. The topological polar surface area (TPSA) is 85.2 Å². The summed E-state index contributed by atoms with van der Waals surface area (Å²) in [7, 11) is 0. The minimum Gasteiger partial charge on any atom is -0.507 e. The van der Waals surface area contributed by atoms with Gasteiger partial charge in [0.1, 0.15) is 28.8 Å². The van der Waals surface area contributed by atoms with Gasteiger partial charge < -0.3 is 24.4 Å². The largest absolute Gasteiger partial charge is 0.507 e. The molecule has 1 aromatic carbocycles. The third kappa shape index (κ3) is 2.24. The molecule has 0 bridgehead atoms. The van der Waals surface area contributed by atoms with E-state index in [1.165, 1.54) is 6.07 Å². The molecule has 0 saturated carbocycles. The fourth-order valence-electron chi connectivity index (χ4n) is 2.92. The molecule has 2 aliphatic rings. The lowest BCUT2D eigenvalue weighted by Crippen LogP contribution is -2.45. The van der Waals surface area contributed by atoms with Gasteiger partial charge in [-0.25, -0.2) is 4.79 Å². The van der Waals surface area contributed by atoms with Crippen molar-refractivity contribution in [1.29, 1.82) is 0 Å². The standard InChI is InChI=1S/C15H18O6/c1-14(2)19-7-15(3,21-14)11-6-9-10(20-11)5-4-8(12(9)16)13(17)18/h4-5,11,16H,6-7H2,1-3H3,(H,17,18)/t11-,15+/m1/s1.